The van der Waals surface area contributed by atoms with Gasteiger partial charge in [-0.2, -0.15) is 0 Å². The second-order valence-corrected chi connectivity index (χ2v) is 7.60. The molecule has 0 aromatic heterocycles. The van der Waals surface area contributed by atoms with Crippen LogP contribution in [0.25, 0.3) is 0 Å². The molecule has 1 unspecified atom stereocenters. The average molecular weight is 532 g/mol. The summed E-state index contributed by atoms with van der Waals surface area (Å²) in [5.41, 5.74) is 1.12. The molecule has 0 bridgehead atoms. The lowest BCUT2D eigenvalue weighted by Gasteiger charge is -2.29. The number of methoxy groups -OCH3 is 1. The number of ether oxygens (including phenoxy) is 3. The Hall–Kier alpha value is -1.26. The molecule has 1 aromatic carbocycles. The van der Waals surface area contributed by atoms with Crippen LogP contribution in [0.3, 0.4) is 0 Å². The van der Waals surface area contributed by atoms with E-state index in [1.165, 1.54) is 6.42 Å². The predicted octanol–water partition coefficient (Wildman–Crippen LogP) is 2.83. The minimum Gasteiger partial charge on any atom is -0.493 e. The third-order valence-corrected chi connectivity index (χ3v) is 5.48. The first-order valence-corrected chi connectivity index (χ1v) is 10.9. The van der Waals surface area contributed by atoms with Gasteiger partial charge in [0.2, 0.25) is 0 Å². The van der Waals surface area contributed by atoms with Crippen LogP contribution in [0.5, 0.6) is 11.5 Å². The maximum atomic E-state index is 5.70. The molecular formula is C22H37IN4O3. The van der Waals surface area contributed by atoms with Crippen molar-refractivity contribution in [3.05, 3.63) is 23.8 Å². The zero-order valence-corrected chi connectivity index (χ0v) is 20.9. The molecule has 7 nitrogen and oxygen atoms in total. The van der Waals surface area contributed by atoms with E-state index in [2.05, 4.69) is 28.1 Å². The van der Waals surface area contributed by atoms with Crippen molar-refractivity contribution in [2.24, 2.45) is 10.9 Å². The summed E-state index contributed by atoms with van der Waals surface area (Å²) < 4.78 is 16.5. The average Bonchev–Trinajstić information content (AvgIpc) is 3.20. The van der Waals surface area contributed by atoms with E-state index in [-0.39, 0.29) is 24.0 Å². The van der Waals surface area contributed by atoms with Gasteiger partial charge in [0, 0.05) is 39.3 Å². The van der Waals surface area contributed by atoms with Crippen molar-refractivity contribution < 1.29 is 14.2 Å². The van der Waals surface area contributed by atoms with Gasteiger partial charge >= 0.3 is 0 Å². The highest BCUT2D eigenvalue weighted by Crippen LogP contribution is 2.28. The van der Waals surface area contributed by atoms with Crippen LogP contribution in [0.2, 0.25) is 0 Å². The topological polar surface area (TPSA) is 58.6 Å². The lowest BCUT2D eigenvalue weighted by molar-refractivity contribution is 0.0315. The Bertz CT molecular complexity index is 668. The van der Waals surface area contributed by atoms with E-state index in [0.29, 0.717) is 19.1 Å². The number of halogens is 1. The van der Waals surface area contributed by atoms with Crippen molar-refractivity contribution in [1.29, 1.82) is 0 Å². The van der Waals surface area contributed by atoms with Crippen molar-refractivity contribution in [1.82, 2.24) is 15.1 Å². The van der Waals surface area contributed by atoms with E-state index in [4.69, 9.17) is 19.2 Å². The van der Waals surface area contributed by atoms with Crippen LogP contribution in [0, 0.1) is 5.92 Å². The minimum absolute atomic E-state index is 0. The number of guanidine groups is 1. The smallest absolute Gasteiger partial charge is 0.194 e. The van der Waals surface area contributed by atoms with Crippen molar-refractivity contribution >= 4 is 29.9 Å². The Labute approximate surface area is 198 Å². The molecule has 2 aliphatic rings. The molecule has 1 atom stereocenters. The second kappa shape index (κ2) is 13.2. The molecule has 3 rings (SSSR count). The molecule has 170 valence electrons. The van der Waals surface area contributed by atoms with Gasteiger partial charge < -0.3 is 24.4 Å². The van der Waals surface area contributed by atoms with E-state index < -0.39 is 0 Å². The molecule has 2 heterocycles. The van der Waals surface area contributed by atoms with Crippen molar-refractivity contribution in [3.63, 3.8) is 0 Å². The van der Waals surface area contributed by atoms with Crippen LogP contribution in [0.4, 0.5) is 0 Å². The summed E-state index contributed by atoms with van der Waals surface area (Å²) in [7, 11) is 1.67. The van der Waals surface area contributed by atoms with Crippen LogP contribution in [-0.4, -0.2) is 82.0 Å². The Kier molecular flexibility index (Phi) is 11.0. The number of likely N-dealkylation sites (tertiary alicyclic amines) is 1. The highest BCUT2D eigenvalue weighted by atomic mass is 127. The molecule has 0 aliphatic carbocycles. The van der Waals surface area contributed by atoms with Crippen LogP contribution in [-0.2, 0) is 11.3 Å². The molecule has 2 fully saturated rings. The van der Waals surface area contributed by atoms with E-state index in [1.807, 2.05) is 19.1 Å². The zero-order chi connectivity index (χ0) is 20.5. The standard InChI is InChI=1S/C22H36N4O3.HI/c1-4-23-22(24-15-18-6-7-20(27-3)21(14-18)29-5-2)26-9-8-19(17-26)16-25-10-12-28-13-11-25;/h6-7,14,19H,4-5,8-13,15-17H2,1-3H3,(H,23,24);1H. The molecule has 0 radical (unpaired) electrons. The minimum atomic E-state index is 0. The first kappa shape index (κ1) is 25.0. The van der Waals surface area contributed by atoms with Crippen molar-refractivity contribution in [2.75, 3.05) is 66.2 Å². The molecule has 1 aromatic rings. The van der Waals surface area contributed by atoms with Crippen LogP contribution in [0.15, 0.2) is 23.2 Å². The Morgan fingerprint density at radius 2 is 2.00 bits per heavy atom. The lowest BCUT2D eigenvalue weighted by atomic mass is 10.1. The fourth-order valence-electron chi connectivity index (χ4n) is 4.00. The molecule has 1 N–H and O–H groups in total. The Morgan fingerprint density at radius 3 is 2.70 bits per heavy atom. The summed E-state index contributed by atoms with van der Waals surface area (Å²) in [5.74, 6) is 3.24. The molecule has 2 saturated heterocycles. The van der Waals surface area contributed by atoms with Gasteiger partial charge in [-0.05, 0) is 43.9 Å². The third kappa shape index (κ3) is 7.16. The van der Waals surface area contributed by atoms with Gasteiger partial charge in [-0.3, -0.25) is 4.90 Å². The van der Waals surface area contributed by atoms with E-state index >= 15 is 0 Å². The Morgan fingerprint density at radius 1 is 1.20 bits per heavy atom. The number of nitrogens with zero attached hydrogens (tertiary/aromatic N) is 3. The predicted molar refractivity (Wildman–Crippen MR) is 131 cm³/mol. The fraction of sp³-hybridized carbons (Fsp3) is 0.682. The molecule has 0 saturated carbocycles. The van der Waals surface area contributed by atoms with Gasteiger partial charge in [-0.25, -0.2) is 4.99 Å². The second-order valence-electron chi connectivity index (χ2n) is 7.60. The Balaban J connectivity index is 0.00000320. The summed E-state index contributed by atoms with van der Waals surface area (Å²) in [4.78, 5) is 9.85. The van der Waals surface area contributed by atoms with Crippen molar-refractivity contribution in [2.45, 2.75) is 26.8 Å². The van der Waals surface area contributed by atoms with Crippen LogP contribution < -0.4 is 14.8 Å². The number of nitrogens with one attached hydrogen (secondary N) is 1. The molecule has 8 heteroatoms. The SMILES string of the molecule is CCNC(=NCc1ccc(OC)c(OCC)c1)N1CCC(CN2CCOCC2)C1.I. The molecule has 30 heavy (non-hydrogen) atoms. The van der Waals surface area contributed by atoms with E-state index in [1.54, 1.807) is 7.11 Å². The third-order valence-electron chi connectivity index (χ3n) is 5.48. The van der Waals surface area contributed by atoms with Gasteiger partial charge in [0.1, 0.15) is 0 Å². The molecule has 0 amide bonds. The number of rotatable bonds is 8. The van der Waals surface area contributed by atoms with Gasteiger partial charge in [-0.1, -0.05) is 6.07 Å². The lowest BCUT2D eigenvalue weighted by Crippen LogP contribution is -2.42. The van der Waals surface area contributed by atoms with Gasteiger partial charge in [-0.15, -0.1) is 24.0 Å². The van der Waals surface area contributed by atoms with Gasteiger partial charge in [0.05, 0.1) is 33.5 Å². The summed E-state index contributed by atoms with van der Waals surface area (Å²) in [6, 6.07) is 6.04. The maximum Gasteiger partial charge on any atom is 0.194 e. The number of morpholine rings is 1. The molecular weight excluding hydrogens is 495 g/mol. The first-order chi connectivity index (χ1) is 14.2. The van der Waals surface area contributed by atoms with E-state index in [9.17, 15) is 0 Å². The number of benzene rings is 1. The number of aliphatic imine (C=N–C) groups is 1. The summed E-state index contributed by atoms with van der Waals surface area (Å²) >= 11 is 0. The van der Waals surface area contributed by atoms with Gasteiger partial charge in [0.15, 0.2) is 17.5 Å². The zero-order valence-electron chi connectivity index (χ0n) is 18.6. The fourth-order valence-corrected chi connectivity index (χ4v) is 4.00. The highest BCUT2D eigenvalue weighted by Gasteiger charge is 2.27. The monoisotopic (exact) mass is 532 g/mol. The largest absolute Gasteiger partial charge is 0.493 e. The molecule has 2 aliphatic heterocycles. The maximum absolute atomic E-state index is 5.70. The summed E-state index contributed by atoms with van der Waals surface area (Å²) in [6.45, 7) is 13.4. The van der Waals surface area contributed by atoms with Crippen LogP contribution in [0.1, 0.15) is 25.8 Å². The normalized spacial score (nSPS) is 20.0. The van der Waals surface area contributed by atoms with Crippen LogP contribution >= 0.6 is 24.0 Å². The first-order valence-electron chi connectivity index (χ1n) is 10.9. The highest BCUT2D eigenvalue weighted by molar-refractivity contribution is 14.0. The summed E-state index contributed by atoms with van der Waals surface area (Å²) in [5, 5.41) is 3.47. The summed E-state index contributed by atoms with van der Waals surface area (Å²) in [6.07, 6.45) is 1.22. The number of hydrogen-bond donors (Lipinski definition) is 1. The quantitative estimate of drug-likeness (QED) is 0.316. The van der Waals surface area contributed by atoms with Gasteiger partial charge in [0.25, 0.3) is 0 Å². The van der Waals surface area contributed by atoms with Crippen molar-refractivity contribution in [3.8, 4) is 11.5 Å². The molecule has 0 spiro atoms. The number of hydrogen-bond acceptors (Lipinski definition) is 5. The van der Waals surface area contributed by atoms with E-state index in [0.717, 1.165) is 75.5 Å².